The van der Waals surface area contributed by atoms with Gasteiger partial charge in [-0.15, -0.1) is 0 Å². The van der Waals surface area contributed by atoms with E-state index in [9.17, 15) is 4.79 Å². The minimum Gasteiger partial charge on any atom is -0.289 e. The Kier molecular flexibility index (Phi) is 3.14. The van der Waals surface area contributed by atoms with E-state index in [0.717, 1.165) is 11.3 Å². The Morgan fingerprint density at radius 2 is 2.29 bits per heavy atom. The highest BCUT2D eigenvalue weighted by Gasteiger charge is 2.08. The number of hydrogen-bond donors (Lipinski definition) is 0. The number of allylic oxidation sites excluding steroid dienone is 1. The summed E-state index contributed by atoms with van der Waals surface area (Å²) in [4.78, 5) is 15.9. The second-order valence-corrected chi connectivity index (χ2v) is 3.79. The maximum atomic E-state index is 11.9. The van der Waals surface area contributed by atoms with Gasteiger partial charge in [-0.25, -0.2) is 0 Å². The van der Waals surface area contributed by atoms with Crippen LogP contribution in [0.3, 0.4) is 0 Å². The van der Waals surface area contributed by atoms with Crippen molar-refractivity contribution in [2.45, 2.75) is 6.92 Å². The Morgan fingerprint density at radius 3 is 2.88 bits per heavy atom. The van der Waals surface area contributed by atoms with Gasteiger partial charge in [0.15, 0.2) is 5.78 Å². The molecule has 0 atom stereocenters. The Labute approximate surface area is 99.6 Å². The van der Waals surface area contributed by atoms with Crippen LogP contribution in [0.5, 0.6) is 0 Å². The van der Waals surface area contributed by atoms with Crippen LogP contribution in [-0.2, 0) is 7.05 Å². The number of carbonyl (C=O) groups excluding carboxylic acids is 1. The van der Waals surface area contributed by atoms with E-state index >= 15 is 0 Å². The van der Waals surface area contributed by atoms with Crippen LogP contribution in [0.2, 0.25) is 0 Å². The highest BCUT2D eigenvalue weighted by Crippen LogP contribution is 2.08. The summed E-state index contributed by atoms with van der Waals surface area (Å²) in [5, 5.41) is 4.14. The first-order valence-electron chi connectivity index (χ1n) is 5.29. The Morgan fingerprint density at radius 1 is 1.47 bits per heavy atom. The molecule has 2 rings (SSSR count). The third-order valence-electron chi connectivity index (χ3n) is 2.39. The van der Waals surface area contributed by atoms with Crippen molar-refractivity contribution >= 4 is 11.9 Å². The number of aromatic nitrogens is 3. The van der Waals surface area contributed by atoms with Gasteiger partial charge >= 0.3 is 0 Å². The first-order valence-corrected chi connectivity index (χ1v) is 5.29. The molecule has 2 heterocycles. The molecule has 86 valence electrons. The van der Waals surface area contributed by atoms with Crippen molar-refractivity contribution in [2.75, 3.05) is 0 Å². The molecule has 0 unspecified atom stereocenters. The van der Waals surface area contributed by atoms with Crippen LogP contribution in [0.1, 0.15) is 21.6 Å². The van der Waals surface area contributed by atoms with E-state index in [0.29, 0.717) is 5.56 Å². The first-order chi connectivity index (χ1) is 8.16. The van der Waals surface area contributed by atoms with Crippen molar-refractivity contribution < 1.29 is 4.79 Å². The lowest BCUT2D eigenvalue weighted by molar-refractivity contribution is 0.104. The molecule has 0 amide bonds. The van der Waals surface area contributed by atoms with E-state index in [4.69, 9.17) is 0 Å². The highest BCUT2D eigenvalue weighted by atomic mass is 16.1. The molecular weight excluding hydrogens is 214 g/mol. The number of ketones is 1. The molecule has 2 aromatic rings. The van der Waals surface area contributed by atoms with Gasteiger partial charge in [-0.05, 0) is 30.7 Å². The largest absolute Gasteiger partial charge is 0.289 e. The SMILES string of the molecule is Cc1nn(C)cc1C(=O)C=Cc1cccnc1. The van der Waals surface area contributed by atoms with E-state index in [2.05, 4.69) is 10.1 Å². The number of hydrogen-bond acceptors (Lipinski definition) is 3. The van der Waals surface area contributed by atoms with E-state index in [1.54, 1.807) is 42.5 Å². The third-order valence-corrected chi connectivity index (χ3v) is 2.39. The maximum Gasteiger partial charge on any atom is 0.189 e. The van der Waals surface area contributed by atoms with E-state index in [1.165, 1.54) is 0 Å². The molecule has 17 heavy (non-hydrogen) atoms. The zero-order valence-electron chi connectivity index (χ0n) is 9.79. The average Bonchev–Trinajstić information content (AvgIpc) is 2.67. The molecule has 0 aliphatic rings. The lowest BCUT2D eigenvalue weighted by atomic mass is 10.1. The van der Waals surface area contributed by atoms with Gasteiger partial charge < -0.3 is 0 Å². The van der Waals surface area contributed by atoms with Gasteiger partial charge in [0.25, 0.3) is 0 Å². The fraction of sp³-hybridized carbons (Fsp3) is 0.154. The number of nitrogens with zero attached hydrogens (tertiary/aromatic N) is 3. The molecule has 0 bridgehead atoms. The summed E-state index contributed by atoms with van der Waals surface area (Å²) in [5.74, 6) is -0.0422. The molecule has 0 saturated heterocycles. The van der Waals surface area contributed by atoms with Crippen LogP contribution in [0.4, 0.5) is 0 Å². The summed E-state index contributed by atoms with van der Waals surface area (Å²) in [5.41, 5.74) is 2.28. The Bertz CT molecular complexity index is 555. The van der Waals surface area contributed by atoms with Gasteiger partial charge in [-0.2, -0.15) is 5.10 Å². The molecule has 0 aliphatic heterocycles. The lowest BCUT2D eigenvalue weighted by Gasteiger charge is -1.92. The van der Waals surface area contributed by atoms with Gasteiger partial charge in [0, 0.05) is 25.6 Å². The fourth-order valence-corrected chi connectivity index (χ4v) is 1.58. The molecule has 0 N–H and O–H groups in total. The summed E-state index contributed by atoms with van der Waals surface area (Å²) in [7, 11) is 1.80. The zero-order chi connectivity index (χ0) is 12.3. The predicted molar refractivity (Wildman–Crippen MR) is 65.5 cm³/mol. The summed E-state index contributed by atoms with van der Waals surface area (Å²) in [6.07, 6.45) is 8.43. The molecular formula is C13H13N3O. The molecule has 0 saturated carbocycles. The van der Waals surface area contributed by atoms with Crippen molar-refractivity contribution in [3.63, 3.8) is 0 Å². The Hall–Kier alpha value is -2.23. The highest BCUT2D eigenvalue weighted by molar-refractivity contribution is 6.07. The normalized spacial score (nSPS) is 10.9. The number of rotatable bonds is 3. The maximum absolute atomic E-state index is 11.9. The topological polar surface area (TPSA) is 47.8 Å². The quantitative estimate of drug-likeness (QED) is 0.595. The number of aryl methyl sites for hydroxylation is 2. The predicted octanol–water partition coefficient (Wildman–Crippen LogP) is 2.02. The van der Waals surface area contributed by atoms with E-state index < -0.39 is 0 Å². The van der Waals surface area contributed by atoms with Gasteiger partial charge in [-0.3, -0.25) is 14.5 Å². The van der Waals surface area contributed by atoms with Crippen LogP contribution in [0.15, 0.2) is 36.8 Å². The van der Waals surface area contributed by atoms with Crippen molar-refractivity contribution in [1.29, 1.82) is 0 Å². The molecule has 2 aromatic heterocycles. The van der Waals surface area contributed by atoms with Crippen molar-refractivity contribution in [3.05, 3.63) is 53.6 Å². The molecule has 0 radical (unpaired) electrons. The van der Waals surface area contributed by atoms with E-state index in [-0.39, 0.29) is 5.78 Å². The minimum absolute atomic E-state index is 0.0422. The zero-order valence-corrected chi connectivity index (χ0v) is 9.79. The summed E-state index contributed by atoms with van der Waals surface area (Å²) >= 11 is 0. The van der Waals surface area contributed by atoms with Crippen molar-refractivity contribution in [3.8, 4) is 0 Å². The fourth-order valence-electron chi connectivity index (χ4n) is 1.58. The smallest absolute Gasteiger partial charge is 0.189 e. The van der Waals surface area contributed by atoms with Crippen LogP contribution in [0, 0.1) is 6.92 Å². The van der Waals surface area contributed by atoms with Crippen LogP contribution >= 0.6 is 0 Å². The van der Waals surface area contributed by atoms with Gasteiger partial charge in [0.1, 0.15) is 0 Å². The Balaban J connectivity index is 2.18. The molecule has 4 nitrogen and oxygen atoms in total. The van der Waals surface area contributed by atoms with Crippen LogP contribution in [-0.4, -0.2) is 20.5 Å². The molecule has 0 spiro atoms. The minimum atomic E-state index is -0.0422. The van der Waals surface area contributed by atoms with Crippen LogP contribution < -0.4 is 0 Å². The van der Waals surface area contributed by atoms with Crippen molar-refractivity contribution in [1.82, 2.24) is 14.8 Å². The third kappa shape index (κ3) is 2.66. The lowest BCUT2D eigenvalue weighted by Crippen LogP contribution is -1.94. The standard InChI is InChI=1S/C13H13N3O/c1-10-12(9-16(2)15-10)13(17)6-5-11-4-3-7-14-8-11/h3-9H,1-2H3. The van der Waals surface area contributed by atoms with Gasteiger partial charge in [0.05, 0.1) is 11.3 Å². The monoisotopic (exact) mass is 227 g/mol. The molecule has 4 heteroatoms. The molecule has 0 aromatic carbocycles. The summed E-state index contributed by atoms with van der Waals surface area (Å²) in [6.45, 7) is 1.82. The average molecular weight is 227 g/mol. The van der Waals surface area contributed by atoms with Gasteiger partial charge in [-0.1, -0.05) is 6.07 Å². The summed E-state index contributed by atoms with van der Waals surface area (Å²) < 4.78 is 1.64. The number of pyridine rings is 1. The molecule has 0 aliphatic carbocycles. The molecule has 0 fully saturated rings. The summed E-state index contributed by atoms with van der Waals surface area (Å²) in [6, 6.07) is 3.73. The van der Waals surface area contributed by atoms with Crippen LogP contribution in [0.25, 0.3) is 6.08 Å². The first kappa shape index (κ1) is 11.3. The second-order valence-electron chi connectivity index (χ2n) is 3.79. The van der Waals surface area contributed by atoms with Gasteiger partial charge in [0.2, 0.25) is 0 Å². The van der Waals surface area contributed by atoms with E-state index in [1.807, 2.05) is 19.1 Å². The second kappa shape index (κ2) is 4.74. The number of carbonyl (C=O) groups is 1. The van der Waals surface area contributed by atoms with Crippen molar-refractivity contribution in [2.24, 2.45) is 7.05 Å².